The zero-order valence-corrected chi connectivity index (χ0v) is 14.4. The molecule has 128 valence electrons. The lowest BCUT2D eigenvalue weighted by Gasteiger charge is -2.31. The van der Waals surface area contributed by atoms with Crippen molar-refractivity contribution in [2.75, 3.05) is 23.3 Å². The van der Waals surface area contributed by atoms with E-state index in [0.29, 0.717) is 11.6 Å². The van der Waals surface area contributed by atoms with E-state index >= 15 is 0 Å². The van der Waals surface area contributed by atoms with E-state index in [9.17, 15) is 4.79 Å². The number of anilines is 2. The number of rotatable bonds is 4. The fraction of sp³-hybridized carbons (Fsp3) is 0.529. The fourth-order valence-corrected chi connectivity index (χ4v) is 2.93. The molecule has 1 N–H and O–H groups in total. The normalized spacial score (nSPS) is 15.5. The van der Waals surface area contributed by atoms with Gasteiger partial charge in [0.05, 0.1) is 12.1 Å². The summed E-state index contributed by atoms with van der Waals surface area (Å²) < 4.78 is 5.09. The SMILES string of the molecule is Cc1noc(C)c1CC(=O)Nc1cc(N2CCC(C)CC2)ncn1. The topological polar surface area (TPSA) is 84.2 Å². The summed E-state index contributed by atoms with van der Waals surface area (Å²) in [5, 5.41) is 6.71. The van der Waals surface area contributed by atoms with E-state index in [2.05, 4.69) is 32.3 Å². The number of aromatic nitrogens is 3. The number of nitrogens with one attached hydrogen (secondary N) is 1. The molecule has 0 radical (unpaired) electrons. The van der Waals surface area contributed by atoms with Gasteiger partial charge in [0.2, 0.25) is 5.91 Å². The van der Waals surface area contributed by atoms with Gasteiger partial charge in [0.25, 0.3) is 0 Å². The van der Waals surface area contributed by atoms with Crippen LogP contribution in [0.25, 0.3) is 0 Å². The Morgan fingerprint density at radius 3 is 2.75 bits per heavy atom. The van der Waals surface area contributed by atoms with Crippen LogP contribution in [0.1, 0.15) is 36.8 Å². The summed E-state index contributed by atoms with van der Waals surface area (Å²) >= 11 is 0. The summed E-state index contributed by atoms with van der Waals surface area (Å²) in [4.78, 5) is 23.0. The van der Waals surface area contributed by atoms with Crippen molar-refractivity contribution in [1.29, 1.82) is 0 Å². The van der Waals surface area contributed by atoms with Crippen LogP contribution in [-0.4, -0.2) is 34.1 Å². The molecule has 0 unspecified atom stereocenters. The Morgan fingerprint density at radius 1 is 1.33 bits per heavy atom. The summed E-state index contributed by atoms with van der Waals surface area (Å²) in [7, 11) is 0. The third-order valence-electron chi connectivity index (χ3n) is 4.55. The minimum Gasteiger partial charge on any atom is -0.361 e. The van der Waals surface area contributed by atoms with Crippen LogP contribution in [0.15, 0.2) is 16.9 Å². The zero-order chi connectivity index (χ0) is 17.1. The molecule has 0 atom stereocenters. The first kappa shape index (κ1) is 16.4. The van der Waals surface area contributed by atoms with Gasteiger partial charge in [-0.1, -0.05) is 12.1 Å². The Balaban J connectivity index is 1.65. The molecule has 1 fully saturated rings. The number of hydrogen-bond donors (Lipinski definition) is 1. The number of aryl methyl sites for hydroxylation is 2. The maximum Gasteiger partial charge on any atom is 0.230 e. The van der Waals surface area contributed by atoms with E-state index in [-0.39, 0.29) is 12.3 Å². The highest BCUT2D eigenvalue weighted by atomic mass is 16.5. The Labute approximate surface area is 141 Å². The maximum absolute atomic E-state index is 12.3. The van der Waals surface area contributed by atoms with Crippen molar-refractivity contribution in [2.45, 2.75) is 40.0 Å². The smallest absolute Gasteiger partial charge is 0.230 e. The molecular formula is C17H23N5O2. The molecule has 1 aliphatic rings. The van der Waals surface area contributed by atoms with Gasteiger partial charge in [0.15, 0.2) is 0 Å². The van der Waals surface area contributed by atoms with Crippen molar-refractivity contribution in [3.8, 4) is 0 Å². The molecule has 1 saturated heterocycles. The van der Waals surface area contributed by atoms with E-state index in [1.165, 1.54) is 6.33 Å². The summed E-state index contributed by atoms with van der Waals surface area (Å²) in [6, 6.07) is 1.83. The number of hydrogen-bond acceptors (Lipinski definition) is 6. The quantitative estimate of drug-likeness (QED) is 0.928. The monoisotopic (exact) mass is 329 g/mol. The van der Waals surface area contributed by atoms with E-state index in [4.69, 9.17) is 4.52 Å². The predicted octanol–water partition coefficient (Wildman–Crippen LogP) is 2.50. The summed E-state index contributed by atoms with van der Waals surface area (Å²) in [5.74, 6) is 2.69. The van der Waals surface area contributed by atoms with Gasteiger partial charge < -0.3 is 14.7 Å². The lowest BCUT2D eigenvalue weighted by Crippen LogP contribution is -2.33. The van der Waals surface area contributed by atoms with Gasteiger partial charge in [-0.2, -0.15) is 0 Å². The highest BCUT2D eigenvalue weighted by Gasteiger charge is 2.18. The van der Waals surface area contributed by atoms with Crippen molar-refractivity contribution in [3.05, 3.63) is 29.4 Å². The van der Waals surface area contributed by atoms with Crippen LogP contribution in [0, 0.1) is 19.8 Å². The van der Waals surface area contributed by atoms with Gasteiger partial charge >= 0.3 is 0 Å². The van der Waals surface area contributed by atoms with Crippen LogP contribution in [0.4, 0.5) is 11.6 Å². The first-order valence-corrected chi connectivity index (χ1v) is 8.31. The molecule has 0 saturated carbocycles. The summed E-state index contributed by atoms with van der Waals surface area (Å²) in [6.45, 7) is 7.90. The number of carbonyl (C=O) groups is 1. The minimum atomic E-state index is -0.138. The van der Waals surface area contributed by atoms with Gasteiger partial charge in [0.1, 0.15) is 23.7 Å². The Bertz CT molecular complexity index is 700. The molecule has 2 aromatic heterocycles. The van der Waals surface area contributed by atoms with Gasteiger partial charge in [-0.05, 0) is 32.6 Å². The zero-order valence-electron chi connectivity index (χ0n) is 14.4. The molecule has 1 aliphatic heterocycles. The Morgan fingerprint density at radius 2 is 2.08 bits per heavy atom. The highest BCUT2D eigenvalue weighted by Crippen LogP contribution is 2.22. The standard InChI is InChI=1S/C17H23N5O2/c1-11-4-6-22(7-5-11)16-9-15(18-10-19-16)20-17(23)8-14-12(2)21-24-13(14)3/h9-11H,4-8H2,1-3H3,(H,18,19,20,23). The average molecular weight is 329 g/mol. The molecule has 24 heavy (non-hydrogen) atoms. The third kappa shape index (κ3) is 3.72. The lowest BCUT2D eigenvalue weighted by atomic mass is 9.99. The van der Waals surface area contributed by atoms with E-state index in [1.807, 2.05) is 19.9 Å². The van der Waals surface area contributed by atoms with E-state index < -0.39 is 0 Å². The van der Waals surface area contributed by atoms with Crippen molar-refractivity contribution >= 4 is 17.5 Å². The van der Waals surface area contributed by atoms with Crippen LogP contribution in [0.2, 0.25) is 0 Å². The lowest BCUT2D eigenvalue weighted by molar-refractivity contribution is -0.115. The van der Waals surface area contributed by atoms with Crippen LogP contribution in [0.5, 0.6) is 0 Å². The molecular weight excluding hydrogens is 306 g/mol. The van der Waals surface area contributed by atoms with Crippen molar-refractivity contribution in [3.63, 3.8) is 0 Å². The Kier molecular flexibility index (Phi) is 4.78. The Hall–Kier alpha value is -2.44. The third-order valence-corrected chi connectivity index (χ3v) is 4.55. The molecule has 3 heterocycles. The molecule has 7 nitrogen and oxygen atoms in total. The minimum absolute atomic E-state index is 0.138. The molecule has 7 heteroatoms. The second-order valence-corrected chi connectivity index (χ2v) is 6.46. The molecule has 0 bridgehead atoms. The van der Waals surface area contributed by atoms with Gasteiger partial charge in [0, 0.05) is 24.7 Å². The van der Waals surface area contributed by atoms with E-state index in [0.717, 1.165) is 48.9 Å². The molecule has 2 aromatic rings. The van der Waals surface area contributed by atoms with Crippen LogP contribution < -0.4 is 10.2 Å². The van der Waals surface area contributed by atoms with E-state index in [1.54, 1.807) is 0 Å². The van der Waals surface area contributed by atoms with Crippen molar-refractivity contribution in [1.82, 2.24) is 15.1 Å². The molecule has 3 rings (SSSR count). The average Bonchev–Trinajstić information content (AvgIpc) is 2.88. The van der Waals surface area contributed by atoms with Gasteiger partial charge in [-0.15, -0.1) is 0 Å². The first-order valence-electron chi connectivity index (χ1n) is 8.31. The second-order valence-electron chi connectivity index (χ2n) is 6.46. The maximum atomic E-state index is 12.3. The largest absolute Gasteiger partial charge is 0.361 e. The van der Waals surface area contributed by atoms with Crippen LogP contribution in [0.3, 0.4) is 0 Å². The van der Waals surface area contributed by atoms with Crippen molar-refractivity contribution < 1.29 is 9.32 Å². The predicted molar refractivity (Wildman–Crippen MR) is 91.0 cm³/mol. The molecule has 1 amide bonds. The fourth-order valence-electron chi connectivity index (χ4n) is 2.93. The van der Waals surface area contributed by atoms with Crippen molar-refractivity contribution in [2.24, 2.45) is 5.92 Å². The molecule has 0 aliphatic carbocycles. The van der Waals surface area contributed by atoms with Crippen LogP contribution in [-0.2, 0) is 11.2 Å². The highest BCUT2D eigenvalue weighted by molar-refractivity contribution is 5.91. The number of piperidine rings is 1. The second kappa shape index (κ2) is 6.98. The first-order chi connectivity index (χ1) is 11.5. The molecule has 0 aromatic carbocycles. The number of carbonyl (C=O) groups excluding carboxylic acids is 1. The van der Waals surface area contributed by atoms with Gasteiger partial charge in [-0.3, -0.25) is 4.79 Å². The summed E-state index contributed by atoms with van der Waals surface area (Å²) in [5.41, 5.74) is 1.57. The number of nitrogens with zero attached hydrogens (tertiary/aromatic N) is 4. The molecule has 0 spiro atoms. The van der Waals surface area contributed by atoms with Crippen LogP contribution >= 0.6 is 0 Å². The summed E-state index contributed by atoms with van der Waals surface area (Å²) in [6.07, 6.45) is 4.05. The van der Waals surface area contributed by atoms with Gasteiger partial charge in [-0.25, -0.2) is 9.97 Å². The number of amides is 1.